The van der Waals surface area contributed by atoms with E-state index >= 15 is 0 Å². The third kappa shape index (κ3) is 2.95. The molecule has 2 aromatic heterocycles. The van der Waals surface area contributed by atoms with Gasteiger partial charge in [0.2, 0.25) is 0 Å². The zero-order valence-corrected chi connectivity index (χ0v) is 15.2. The van der Waals surface area contributed by atoms with Gasteiger partial charge >= 0.3 is 0 Å². The van der Waals surface area contributed by atoms with Crippen molar-refractivity contribution >= 4 is 32.6 Å². The van der Waals surface area contributed by atoms with Gasteiger partial charge in [-0.15, -0.1) is 0 Å². The van der Waals surface area contributed by atoms with Gasteiger partial charge in [0.25, 0.3) is 5.91 Å². The van der Waals surface area contributed by atoms with E-state index in [1.165, 1.54) is 34.3 Å². The van der Waals surface area contributed by atoms with Gasteiger partial charge in [0.1, 0.15) is 24.7 Å². The Morgan fingerprint density at radius 1 is 1.14 bits per heavy atom. The molecule has 4 aromatic rings. The molecule has 0 radical (unpaired) electrons. The van der Waals surface area contributed by atoms with Crippen molar-refractivity contribution in [3.8, 4) is 17.2 Å². The molecule has 0 bridgehead atoms. The number of hydrogen-bond acceptors (Lipinski definition) is 6. The maximum Gasteiger partial charge on any atom is 0.277 e. The van der Waals surface area contributed by atoms with Crippen LogP contribution in [0.5, 0.6) is 11.5 Å². The lowest BCUT2D eigenvalue weighted by Gasteiger charge is -2.17. The molecule has 2 aromatic carbocycles. The van der Waals surface area contributed by atoms with Crippen LogP contribution in [0.15, 0.2) is 48.7 Å². The molecule has 140 valence electrons. The lowest BCUT2D eigenvalue weighted by molar-refractivity contribution is 0.102. The average Bonchev–Trinajstić information content (AvgIpc) is 3.33. The van der Waals surface area contributed by atoms with Crippen LogP contribution in [-0.4, -0.2) is 33.9 Å². The Morgan fingerprint density at radius 2 is 1.93 bits per heavy atom. The summed E-state index contributed by atoms with van der Waals surface area (Å²) in [6.45, 7) is 1.00. The Morgan fingerprint density at radius 3 is 2.75 bits per heavy atom. The average molecular weight is 396 g/mol. The number of carbonyl (C=O) groups excluding carboxylic acids is 1. The van der Waals surface area contributed by atoms with E-state index in [1.807, 2.05) is 6.07 Å². The van der Waals surface area contributed by atoms with E-state index in [0.29, 0.717) is 35.4 Å². The number of rotatable bonds is 3. The molecule has 0 fully saturated rings. The molecule has 5 rings (SSSR count). The monoisotopic (exact) mass is 396 g/mol. The highest BCUT2D eigenvalue weighted by molar-refractivity contribution is 7.22. The summed E-state index contributed by atoms with van der Waals surface area (Å²) < 4.78 is 27.2. The maximum atomic E-state index is 13.9. The Hall–Kier alpha value is -3.46. The molecular formula is C19H13FN4O3S. The van der Waals surface area contributed by atoms with E-state index < -0.39 is 11.7 Å². The standard InChI is InChI=1S/C19H13FN4O3S/c20-11-3-1-2-4-14(11)24-6-5-12(23-24)18(25)22-19-21-13-9-15-16(10-17(13)28-19)27-8-7-26-15/h1-6,9-10H,7-8H2,(H,21,22,25). The van der Waals surface area contributed by atoms with Crippen molar-refractivity contribution < 1.29 is 18.7 Å². The third-order valence-electron chi connectivity index (χ3n) is 4.19. The van der Waals surface area contributed by atoms with Gasteiger partial charge in [-0.2, -0.15) is 5.10 Å². The number of carbonyl (C=O) groups is 1. The van der Waals surface area contributed by atoms with Crippen LogP contribution in [0.4, 0.5) is 9.52 Å². The molecule has 1 amide bonds. The quantitative estimate of drug-likeness (QED) is 0.572. The highest BCUT2D eigenvalue weighted by atomic mass is 32.1. The van der Waals surface area contributed by atoms with Crippen molar-refractivity contribution in [2.75, 3.05) is 18.5 Å². The van der Waals surface area contributed by atoms with Crippen LogP contribution >= 0.6 is 11.3 Å². The third-order valence-corrected chi connectivity index (χ3v) is 5.13. The first-order valence-electron chi connectivity index (χ1n) is 8.49. The molecular weight excluding hydrogens is 383 g/mol. The van der Waals surface area contributed by atoms with Crippen molar-refractivity contribution in [1.29, 1.82) is 0 Å². The summed E-state index contributed by atoms with van der Waals surface area (Å²) in [5, 5.41) is 7.32. The number of halogens is 1. The van der Waals surface area contributed by atoms with E-state index in [4.69, 9.17) is 9.47 Å². The van der Waals surface area contributed by atoms with Crippen molar-refractivity contribution in [2.45, 2.75) is 0 Å². The van der Waals surface area contributed by atoms with Gasteiger partial charge in [-0.05, 0) is 18.2 Å². The fourth-order valence-electron chi connectivity index (χ4n) is 2.90. The summed E-state index contributed by atoms with van der Waals surface area (Å²) in [7, 11) is 0. The SMILES string of the molecule is O=C(Nc1nc2cc3c(cc2s1)OCCO3)c1ccn(-c2ccccc2F)n1. The molecule has 1 aliphatic rings. The molecule has 1 aliphatic heterocycles. The summed E-state index contributed by atoms with van der Waals surface area (Å²) in [5.41, 5.74) is 1.14. The fraction of sp³-hybridized carbons (Fsp3) is 0.105. The molecule has 9 heteroatoms. The van der Waals surface area contributed by atoms with Crippen LogP contribution in [0.1, 0.15) is 10.5 Å². The van der Waals surface area contributed by atoms with Gasteiger partial charge in [0.15, 0.2) is 22.3 Å². The van der Waals surface area contributed by atoms with Crippen LogP contribution in [0.2, 0.25) is 0 Å². The summed E-state index contributed by atoms with van der Waals surface area (Å²) in [6, 6.07) is 11.4. The van der Waals surface area contributed by atoms with Crippen molar-refractivity contribution in [2.24, 2.45) is 0 Å². The summed E-state index contributed by atoms with van der Waals surface area (Å²) in [4.78, 5) is 16.9. The van der Waals surface area contributed by atoms with Gasteiger partial charge in [0, 0.05) is 18.3 Å². The first-order chi connectivity index (χ1) is 13.7. The Kier molecular flexibility index (Phi) is 3.94. The van der Waals surface area contributed by atoms with Crippen LogP contribution < -0.4 is 14.8 Å². The summed E-state index contributed by atoms with van der Waals surface area (Å²) in [6.07, 6.45) is 1.54. The van der Waals surface area contributed by atoms with E-state index in [2.05, 4.69) is 15.4 Å². The van der Waals surface area contributed by atoms with Crippen molar-refractivity contribution in [3.63, 3.8) is 0 Å². The van der Waals surface area contributed by atoms with Gasteiger partial charge in [-0.3, -0.25) is 10.1 Å². The molecule has 3 heterocycles. The van der Waals surface area contributed by atoms with Gasteiger partial charge in [-0.25, -0.2) is 14.1 Å². The first-order valence-corrected chi connectivity index (χ1v) is 9.31. The molecule has 28 heavy (non-hydrogen) atoms. The number of nitrogens with one attached hydrogen (secondary N) is 1. The molecule has 1 N–H and O–H groups in total. The first kappa shape index (κ1) is 16.7. The van der Waals surface area contributed by atoms with Crippen LogP contribution in [0, 0.1) is 5.82 Å². The number of nitrogens with zero attached hydrogens (tertiary/aromatic N) is 3. The number of benzene rings is 2. The number of thiazole rings is 1. The van der Waals surface area contributed by atoms with E-state index in [-0.39, 0.29) is 11.4 Å². The minimum absolute atomic E-state index is 0.161. The Balaban J connectivity index is 1.39. The van der Waals surface area contributed by atoms with Crippen LogP contribution in [0.3, 0.4) is 0 Å². The lowest BCUT2D eigenvalue weighted by Crippen LogP contribution is -2.15. The predicted molar refractivity (Wildman–Crippen MR) is 102 cm³/mol. The van der Waals surface area contributed by atoms with Gasteiger partial charge < -0.3 is 9.47 Å². The number of amides is 1. The molecule has 0 saturated heterocycles. The zero-order chi connectivity index (χ0) is 19.1. The van der Waals surface area contributed by atoms with Crippen LogP contribution in [0.25, 0.3) is 15.9 Å². The Labute approximate surface area is 162 Å². The van der Waals surface area contributed by atoms with E-state index in [1.54, 1.807) is 24.3 Å². The predicted octanol–water partition coefficient (Wildman–Crippen LogP) is 3.64. The van der Waals surface area contributed by atoms with Crippen molar-refractivity contribution in [1.82, 2.24) is 14.8 Å². The zero-order valence-electron chi connectivity index (χ0n) is 14.4. The topological polar surface area (TPSA) is 78.3 Å². The second kappa shape index (κ2) is 6.61. The molecule has 0 unspecified atom stereocenters. The molecule has 0 aliphatic carbocycles. The Bertz CT molecular complexity index is 1160. The van der Waals surface area contributed by atoms with Gasteiger partial charge in [0.05, 0.1) is 10.2 Å². The normalized spacial score (nSPS) is 12.9. The van der Waals surface area contributed by atoms with Gasteiger partial charge in [-0.1, -0.05) is 23.5 Å². The number of para-hydroxylation sites is 1. The highest BCUT2D eigenvalue weighted by Crippen LogP contribution is 2.37. The number of ether oxygens (including phenoxy) is 2. The largest absolute Gasteiger partial charge is 0.486 e. The fourth-order valence-corrected chi connectivity index (χ4v) is 3.77. The minimum atomic E-state index is -0.425. The summed E-state index contributed by atoms with van der Waals surface area (Å²) >= 11 is 1.33. The molecule has 0 saturated carbocycles. The van der Waals surface area contributed by atoms with Crippen LogP contribution in [-0.2, 0) is 0 Å². The second-order valence-corrected chi connectivity index (χ2v) is 7.06. The van der Waals surface area contributed by atoms with E-state index in [0.717, 1.165) is 4.70 Å². The maximum absolute atomic E-state index is 13.9. The number of anilines is 1. The highest BCUT2D eigenvalue weighted by Gasteiger charge is 2.17. The number of aromatic nitrogens is 3. The summed E-state index contributed by atoms with van der Waals surface area (Å²) in [5.74, 6) is 0.470. The number of fused-ring (bicyclic) bond motifs is 2. The lowest BCUT2D eigenvalue weighted by atomic mass is 10.3. The van der Waals surface area contributed by atoms with Crippen molar-refractivity contribution in [3.05, 3.63) is 60.2 Å². The molecule has 0 atom stereocenters. The smallest absolute Gasteiger partial charge is 0.277 e. The minimum Gasteiger partial charge on any atom is -0.486 e. The molecule has 7 nitrogen and oxygen atoms in total. The van der Waals surface area contributed by atoms with E-state index in [9.17, 15) is 9.18 Å². The second-order valence-electron chi connectivity index (χ2n) is 6.03. The molecule has 0 spiro atoms. The number of hydrogen-bond donors (Lipinski definition) is 1.